The van der Waals surface area contributed by atoms with Gasteiger partial charge in [0.2, 0.25) is 0 Å². The Morgan fingerprint density at radius 3 is 1.64 bits per heavy atom. The molecule has 0 unspecified atom stereocenters. The molecule has 0 fully saturated rings. The molecule has 11 heavy (non-hydrogen) atoms. The van der Waals surface area contributed by atoms with Crippen molar-refractivity contribution < 1.29 is 18.9 Å². The highest BCUT2D eigenvalue weighted by atomic mass is 19.0. The molecule has 64 valence electrons. The highest BCUT2D eigenvalue weighted by Gasteiger charge is 1.79. The van der Waals surface area contributed by atoms with Gasteiger partial charge in [-0.1, -0.05) is 30.3 Å². The molecule has 1 rings (SSSR count). The van der Waals surface area contributed by atoms with E-state index in [0.717, 1.165) is 11.8 Å². The minimum Gasteiger partial charge on any atom is -0.298 e. The van der Waals surface area contributed by atoms with Crippen LogP contribution in [0, 0.1) is 0 Å². The molecule has 0 atom stereocenters. The summed E-state index contributed by atoms with van der Waals surface area (Å²) in [5.41, 5.74) is 0.729. The van der Waals surface area contributed by atoms with Crippen LogP contribution in [0.1, 0.15) is 10.4 Å². The Balaban J connectivity index is -0.000000213. The second-order valence-corrected chi connectivity index (χ2v) is 1.53. The number of aldehydes is 1. The van der Waals surface area contributed by atoms with Gasteiger partial charge >= 0.3 is 0 Å². The third kappa shape index (κ3) is 5.14. The van der Waals surface area contributed by atoms with Gasteiger partial charge in [0.1, 0.15) is 6.29 Å². The third-order valence-electron chi connectivity index (χ3n) is 0.936. The molecule has 0 N–H and O–H groups in total. The predicted molar refractivity (Wildman–Crippen MR) is 39.3 cm³/mol. The van der Waals surface area contributed by atoms with E-state index in [4.69, 9.17) is 0 Å². The van der Waals surface area contributed by atoms with Crippen molar-refractivity contribution in [2.24, 2.45) is 0 Å². The summed E-state index contributed by atoms with van der Waals surface area (Å²) >= 11 is 0. The Morgan fingerprint density at radius 1 is 0.909 bits per heavy atom. The van der Waals surface area contributed by atoms with Crippen LogP contribution in [0.4, 0.5) is 14.1 Å². The second kappa shape index (κ2) is 8.68. The topological polar surface area (TPSA) is 17.1 Å². The Hall–Kier alpha value is -1.32. The SMILES string of the molecule is F.F.F.O=Cc1ccccc1. The summed E-state index contributed by atoms with van der Waals surface area (Å²) in [5, 5.41) is 0. The van der Waals surface area contributed by atoms with Crippen molar-refractivity contribution in [2.45, 2.75) is 0 Å². The number of halogens is 3. The molecule has 0 bridgehead atoms. The lowest BCUT2D eigenvalue weighted by Crippen LogP contribution is -1.73. The number of rotatable bonds is 1. The van der Waals surface area contributed by atoms with Crippen LogP contribution in [0.5, 0.6) is 0 Å². The molecule has 0 aliphatic rings. The van der Waals surface area contributed by atoms with Gasteiger partial charge in [0, 0.05) is 5.56 Å². The van der Waals surface area contributed by atoms with Crippen LogP contribution in [0.25, 0.3) is 0 Å². The number of carbonyl (C=O) groups is 1. The predicted octanol–water partition coefficient (Wildman–Crippen LogP) is 1.96. The average molecular weight is 166 g/mol. The number of benzene rings is 1. The van der Waals surface area contributed by atoms with Crippen LogP contribution < -0.4 is 0 Å². The molecular formula is C7H9F3O. The van der Waals surface area contributed by atoms with Gasteiger partial charge in [0.25, 0.3) is 0 Å². The van der Waals surface area contributed by atoms with Crippen molar-refractivity contribution in [2.75, 3.05) is 0 Å². The number of carbonyl (C=O) groups excluding carboxylic acids is 1. The molecule has 0 saturated carbocycles. The highest BCUT2D eigenvalue weighted by Crippen LogP contribution is 1.91. The molecular weight excluding hydrogens is 157 g/mol. The van der Waals surface area contributed by atoms with Crippen LogP contribution >= 0.6 is 0 Å². The normalized spacial score (nSPS) is 6.18. The molecule has 0 aliphatic carbocycles. The Bertz CT molecular complexity index is 176. The van der Waals surface area contributed by atoms with Gasteiger partial charge in [-0.25, -0.2) is 0 Å². The summed E-state index contributed by atoms with van der Waals surface area (Å²) in [4.78, 5) is 10.0. The van der Waals surface area contributed by atoms with E-state index in [-0.39, 0.29) is 14.1 Å². The molecule has 1 nitrogen and oxygen atoms in total. The average Bonchev–Trinajstić information content (AvgIpc) is 1.90. The van der Waals surface area contributed by atoms with Crippen molar-refractivity contribution in [1.82, 2.24) is 0 Å². The Kier molecular flexibility index (Phi) is 12.9. The zero-order chi connectivity index (χ0) is 5.82. The first-order chi connectivity index (χ1) is 3.93. The Morgan fingerprint density at radius 2 is 1.36 bits per heavy atom. The first-order valence-corrected chi connectivity index (χ1v) is 2.44. The van der Waals surface area contributed by atoms with E-state index in [9.17, 15) is 4.79 Å². The van der Waals surface area contributed by atoms with Gasteiger partial charge in [0.15, 0.2) is 0 Å². The smallest absolute Gasteiger partial charge is 0.150 e. The van der Waals surface area contributed by atoms with Crippen LogP contribution in [-0.4, -0.2) is 6.29 Å². The summed E-state index contributed by atoms with van der Waals surface area (Å²) in [6.45, 7) is 0. The molecule has 0 saturated heterocycles. The summed E-state index contributed by atoms with van der Waals surface area (Å²) in [5.74, 6) is 0. The standard InChI is InChI=1S/C7H6O.3FH/c8-6-7-4-2-1-3-5-7;;;/h1-6H;3*1H. The van der Waals surface area contributed by atoms with E-state index >= 15 is 0 Å². The molecule has 0 spiro atoms. The van der Waals surface area contributed by atoms with Crippen molar-refractivity contribution in [3.63, 3.8) is 0 Å². The van der Waals surface area contributed by atoms with Gasteiger partial charge in [-0.15, -0.1) is 0 Å². The lowest BCUT2D eigenvalue weighted by molar-refractivity contribution is 0.112. The lowest BCUT2D eigenvalue weighted by atomic mass is 10.2. The lowest BCUT2D eigenvalue weighted by Gasteiger charge is -1.81. The molecule has 0 radical (unpaired) electrons. The molecule has 1 aromatic carbocycles. The summed E-state index contributed by atoms with van der Waals surface area (Å²) in [6.07, 6.45) is 0.833. The number of hydrogen-bond donors (Lipinski definition) is 0. The van der Waals surface area contributed by atoms with Gasteiger partial charge < -0.3 is 0 Å². The molecule has 1 aromatic rings. The minimum atomic E-state index is 0. The third-order valence-corrected chi connectivity index (χ3v) is 0.936. The van der Waals surface area contributed by atoms with Gasteiger partial charge in [-0.3, -0.25) is 18.9 Å². The molecule has 4 heteroatoms. The van der Waals surface area contributed by atoms with E-state index in [1.807, 2.05) is 18.2 Å². The minimum absolute atomic E-state index is 0. The Labute approximate surface area is 62.1 Å². The van der Waals surface area contributed by atoms with Crippen molar-refractivity contribution in [3.05, 3.63) is 35.9 Å². The van der Waals surface area contributed by atoms with Gasteiger partial charge in [-0.2, -0.15) is 0 Å². The molecule has 0 amide bonds. The largest absolute Gasteiger partial charge is 0.298 e. The maximum atomic E-state index is 10.0. The first kappa shape index (κ1) is 16.3. The zero-order valence-electron chi connectivity index (χ0n) is 5.60. The number of hydrogen-bond acceptors (Lipinski definition) is 1. The van der Waals surface area contributed by atoms with E-state index in [1.54, 1.807) is 12.1 Å². The quantitative estimate of drug-likeness (QED) is 0.583. The van der Waals surface area contributed by atoms with Crippen molar-refractivity contribution >= 4 is 6.29 Å². The van der Waals surface area contributed by atoms with Gasteiger partial charge in [-0.05, 0) is 0 Å². The van der Waals surface area contributed by atoms with Crippen LogP contribution in [-0.2, 0) is 0 Å². The van der Waals surface area contributed by atoms with Crippen LogP contribution in [0.3, 0.4) is 0 Å². The monoisotopic (exact) mass is 166 g/mol. The fourth-order valence-electron chi connectivity index (χ4n) is 0.532. The van der Waals surface area contributed by atoms with E-state index in [2.05, 4.69) is 0 Å². The van der Waals surface area contributed by atoms with E-state index in [0.29, 0.717) is 0 Å². The molecule has 0 aromatic heterocycles. The first-order valence-electron chi connectivity index (χ1n) is 2.44. The van der Waals surface area contributed by atoms with Gasteiger partial charge in [0.05, 0.1) is 0 Å². The summed E-state index contributed by atoms with van der Waals surface area (Å²) < 4.78 is 0. The zero-order valence-corrected chi connectivity index (χ0v) is 5.60. The maximum absolute atomic E-state index is 10.0. The van der Waals surface area contributed by atoms with E-state index in [1.165, 1.54) is 0 Å². The fraction of sp³-hybridized carbons (Fsp3) is 0. The molecule has 0 heterocycles. The second-order valence-electron chi connectivity index (χ2n) is 1.53. The van der Waals surface area contributed by atoms with Crippen molar-refractivity contribution in [3.8, 4) is 0 Å². The summed E-state index contributed by atoms with van der Waals surface area (Å²) in [6, 6.07) is 9.10. The summed E-state index contributed by atoms with van der Waals surface area (Å²) in [7, 11) is 0. The van der Waals surface area contributed by atoms with Crippen LogP contribution in [0.15, 0.2) is 30.3 Å². The van der Waals surface area contributed by atoms with E-state index < -0.39 is 0 Å². The fourth-order valence-corrected chi connectivity index (χ4v) is 0.532. The molecule has 0 aliphatic heterocycles. The van der Waals surface area contributed by atoms with Crippen LogP contribution in [0.2, 0.25) is 0 Å². The highest BCUT2D eigenvalue weighted by molar-refractivity contribution is 5.74. The maximum Gasteiger partial charge on any atom is 0.150 e. The van der Waals surface area contributed by atoms with Crippen molar-refractivity contribution in [1.29, 1.82) is 0 Å².